The zero-order chi connectivity index (χ0) is 25.8. The Bertz CT molecular complexity index is 1610. The van der Waals surface area contributed by atoms with E-state index in [-0.39, 0.29) is 11.7 Å². The lowest BCUT2D eigenvalue weighted by atomic mass is 9.54. The Morgan fingerprint density at radius 1 is 1.13 bits per heavy atom. The predicted octanol–water partition coefficient (Wildman–Crippen LogP) is 6.10. The predicted molar refractivity (Wildman–Crippen MR) is 142 cm³/mol. The van der Waals surface area contributed by atoms with Crippen LogP contribution < -0.4 is 10.5 Å². The number of anilines is 1. The van der Waals surface area contributed by atoms with Gasteiger partial charge in [-0.3, -0.25) is 9.36 Å². The first-order valence-electron chi connectivity index (χ1n) is 13.8. The highest BCUT2D eigenvalue weighted by molar-refractivity contribution is 5.74. The van der Waals surface area contributed by atoms with E-state index in [1.807, 2.05) is 37.0 Å². The minimum Gasteiger partial charge on any atom is -0.482 e. The van der Waals surface area contributed by atoms with Crippen LogP contribution in [0.2, 0.25) is 0 Å². The van der Waals surface area contributed by atoms with Crippen molar-refractivity contribution in [3.05, 3.63) is 64.9 Å². The zero-order valence-electron chi connectivity index (χ0n) is 21.7. The molecule has 194 valence electrons. The van der Waals surface area contributed by atoms with Crippen molar-refractivity contribution in [3.63, 3.8) is 0 Å². The van der Waals surface area contributed by atoms with Gasteiger partial charge in [0.15, 0.2) is 11.6 Å². The Morgan fingerprint density at radius 2 is 1.97 bits per heavy atom. The van der Waals surface area contributed by atoms with Crippen LogP contribution in [0.4, 0.5) is 10.2 Å². The zero-order valence-corrected chi connectivity index (χ0v) is 21.7. The molecule has 7 nitrogen and oxygen atoms in total. The summed E-state index contributed by atoms with van der Waals surface area (Å²) in [5, 5.41) is 10.2. The van der Waals surface area contributed by atoms with Crippen LogP contribution >= 0.6 is 0 Å². The number of halogens is 1. The van der Waals surface area contributed by atoms with Gasteiger partial charge in [-0.2, -0.15) is 10.2 Å². The van der Waals surface area contributed by atoms with E-state index in [9.17, 15) is 4.39 Å². The lowest BCUT2D eigenvalue weighted by molar-refractivity contribution is -0.0214. The second-order valence-electron chi connectivity index (χ2n) is 11.9. The highest BCUT2D eigenvalue weighted by Gasteiger charge is 2.50. The summed E-state index contributed by atoms with van der Waals surface area (Å²) in [6.07, 6.45) is 11.9. The fraction of sp³-hybridized carbons (Fsp3) is 0.433. The molecule has 3 aliphatic carbocycles. The van der Waals surface area contributed by atoms with Crippen molar-refractivity contribution < 1.29 is 9.13 Å². The van der Waals surface area contributed by atoms with Crippen LogP contribution in [0.1, 0.15) is 85.9 Å². The molecular weight excluding hydrogens is 479 g/mol. The number of ether oxygens (including phenoxy) is 1. The Kier molecular flexibility index (Phi) is 4.51. The molecule has 1 unspecified atom stereocenters. The van der Waals surface area contributed by atoms with Gasteiger partial charge in [-0.25, -0.2) is 9.37 Å². The molecule has 8 heteroatoms. The van der Waals surface area contributed by atoms with Crippen molar-refractivity contribution in [1.82, 2.24) is 24.5 Å². The van der Waals surface area contributed by atoms with Crippen LogP contribution in [0.3, 0.4) is 0 Å². The normalized spacial score (nSPS) is 22.8. The molecule has 4 aromatic rings. The van der Waals surface area contributed by atoms with Crippen LogP contribution in [-0.4, -0.2) is 24.5 Å². The quantitative estimate of drug-likeness (QED) is 0.334. The maximum absolute atomic E-state index is 14.5. The largest absolute Gasteiger partial charge is 0.482 e. The Labute approximate surface area is 220 Å². The summed E-state index contributed by atoms with van der Waals surface area (Å²) in [6, 6.07) is 7.29. The maximum Gasteiger partial charge on any atom is 0.166 e. The minimum absolute atomic E-state index is 0.143. The molecule has 2 N–H and O–H groups in total. The Balaban J connectivity index is 1.38. The molecule has 8 rings (SSSR count). The van der Waals surface area contributed by atoms with Gasteiger partial charge in [-0.15, -0.1) is 0 Å². The Morgan fingerprint density at radius 3 is 2.76 bits per heavy atom. The van der Waals surface area contributed by atoms with Crippen LogP contribution in [0.25, 0.3) is 22.5 Å². The summed E-state index contributed by atoms with van der Waals surface area (Å²) in [4.78, 5) is 4.56. The first kappa shape index (κ1) is 22.3. The molecule has 0 saturated heterocycles. The molecule has 4 aliphatic rings. The van der Waals surface area contributed by atoms with Crippen molar-refractivity contribution in [2.45, 2.75) is 69.9 Å². The number of aromatic nitrogens is 5. The van der Waals surface area contributed by atoms with Crippen LogP contribution in [0.5, 0.6) is 5.75 Å². The lowest BCUT2D eigenvalue weighted by Gasteiger charge is -2.54. The van der Waals surface area contributed by atoms with E-state index in [1.165, 1.54) is 49.4 Å². The van der Waals surface area contributed by atoms with Crippen LogP contribution in [-0.2, 0) is 13.5 Å². The number of benzene rings is 1. The van der Waals surface area contributed by atoms with Gasteiger partial charge in [0.2, 0.25) is 0 Å². The van der Waals surface area contributed by atoms with E-state index in [2.05, 4.69) is 15.9 Å². The molecule has 4 heterocycles. The van der Waals surface area contributed by atoms with Crippen LogP contribution in [0.15, 0.2) is 36.7 Å². The van der Waals surface area contributed by atoms with Crippen molar-refractivity contribution in [3.8, 4) is 28.3 Å². The number of aryl methyl sites for hydroxylation is 2. The summed E-state index contributed by atoms with van der Waals surface area (Å²) in [6.45, 7) is 1.93. The molecule has 1 spiro atoms. The highest BCUT2D eigenvalue weighted by Crippen LogP contribution is 2.61. The van der Waals surface area contributed by atoms with Gasteiger partial charge in [0.05, 0.1) is 23.1 Å². The summed E-state index contributed by atoms with van der Waals surface area (Å²) in [7, 11) is 1.95. The summed E-state index contributed by atoms with van der Waals surface area (Å²) >= 11 is 0. The molecular formula is C30H31FN6O. The third-order valence-corrected chi connectivity index (χ3v) is 9.54. The van der Waals surface area contributed by atoms with Crippen LogP contribution in [0, 0.1) is 11.2 Å². The molecule has 1 aliphatic heterocycles. The third-order valence-electron chi connectivity index (χ3n) is 9.54. The third kappa shape index (κ3) is 3.09. The first-order valence-corrected chi connectivity index (χ1v) is 13.8. The van der Waals surface area contributed by atoms with Gasteiger partial charge >= 0.3 is 0 Å². The van der Waals surface area contributed by atoms with E-state index >= 15 is 0 Å². The first-order chi connectivity index (χ1) is 18.4. The number of hydrogen-bond acceptors (Lipinski definition) is 5. The highest BCUT2D eigenvalue weighted by atomic mass is 19.1. The van der Waals surface area contributed by atoms with Gasteiger partial charge in [-0.1, -0.05) is 6.42 Å². The summed E-state index contributed by atoms with van der Waals surface area (Å²) in [5.74, 6) is 0.669. The molecule has 2 atom stereocenters. The second kappa shape index (κ2) is 7.68. The average molecular weight is 511 g/mol. The van der Waals surface area contributed by atoms with Crippen molar-refractivity contribution >= 4 is 5.82 Å². The van der Waals surface area contributed by atoms with E-state index in [0.29, 0.717) is 23.0 Å². The molecule has 3 aromatic heterocycles. The van der Waals surface area contributed by atoms with Crippen molar-refractivity contribution in [2.75, 3.05) is 5.73 Å². The minimum atomic E-state index is -0.456. The smallest absolute Gasteiger partial charge is 0.166 e. The number of nitrogen functional groups attached to an aromatic ring is 1. The molecule has 2 bridgehead atoms. The Hall–Kier alpha value is -3.68. The lowest BCUT2D eigenvalue weighted by Crippen LogP contribution is -2.44. The number of hydrogen-bond donors (Lipinski definition) is 1. The van der Waals surface area contributed by atoms with Gasteiger partial charge < -0.3 is 10.5 Å². The van der Waals surface area contributed by atoms with Crippen molar-refractivity contribution in [2.24, 2.45) is 12.5 Å². The second-order valence-corrected chi connectivity index (χ2v) is 11.9. The SMILES string of the molecule is C[C@H]1Oc2cc(cnc2N)-c2c3c(nn2C2CC4(CCC4)C2)CCC3c2cn(C)nc2-c2ccc(F)cc21. The molecule has 2 saturated carbocycles. The van der Waals surface area contributed by atoms with Gasteiger partial charge in [-0.05, 0) is 75.1 Å². The fourth-order valence-electron chi connectivity index (χ4n) is 7.52. The number of rotatable bonds is 1. The number of pyridine rings is 1. The fourth-order valence-corrected chi connectivity index (χ4v) is 7.52. The monoisotopic (exact) mass is 510 g/mol. The standard InChI is InChI=1S/C30H31FN6O/c1-16-22-11-18(31)4-5-21(22)27-23(15-36(2)35-27)20-6-7-24-26(20)28(17-10-25(38-16)29(32)33-14-17)37(34-24)19-12-30(13-19)8-3-9-30/h4-5,10-11,14-16,19-20H,3,6-9,12-13H2,1-2H3,(H2,32,33)/t16-,20?/m1/s1. The van der Waals surface area contributed by atoms with E-state index in [4.69, 9.17) is 20.7 Å². The van der Waals surface area contributed by atoms with Gasteiger partial charge in [0.25, 0.3) is 0 Å². The molecule has 2 fully saturated rings. The molecule has 1 aromatic carbocycles. The number of fused-ring (bicyclic) bond motifs is 7. The van der Waals surface area contributed by atoms with E-state index < -0.39 is 6.10 Å². The van der Waals surface area contributed by atoms with Crippen molar-refractivity contribution in [1.29, 1.82) is 0 Å². The average Bonchev–Trinajstić information content (AvgIpc) is 3.51. The maximum atomic E-state index is 14.5. The van der Waals surface area contributed by atoms with Gasteiger partial charge in [0, 0.05) is 53.2 Å². The van der Waals surface area contributed by atoms with Gasteiger partial charge in [0.1, 0.15) is 11.9 Å². The van der Waals surface area contributed by atoms with E-state index in [1.54, 1.807) is 6.07 Å². The topological polar surface area (TPSA) is 83.8 Å². The molecule has 0 radical (unpaired) electrons. The molecule has 38 heavy (non-hydrogen) atoms. The summed E-state index contributed by atoms with van der Waals surface area (Å²) < 4.78 is 25.1. The number of nitrogens with zero attached hydrogens (tertiary/aromatic N) is 5. The number of nitrogens with two attached hydrogens (primary N) is 1. The molecule has 0 amide bonds. The van der Waals surface area contributed by atoms with E-state index in [0.717, 1.165) is 46.5 Å². The summed E-state index contributed by atoms with van der Waals surface area (Å²) in [5.41, 5.74) is 15.1.